The topological polar surface area (TPSA) is 69.0 Å². The summed E-state index contributed by atoms with van der Waals surface area (Å²) >= 11 is 0. The first-order chi connectivity index (χ1) is 9.31. The quantitative estimate of drug-likeness (QED) is 0.375. The van der Waals surface area contributed by atoms with Crippen LogP contribution in [-0.2, 0) is 0 Å². The molecule has 0 fully saturated rings. The molecule has 2 aromatic carbocycles. The highest BCUT2D eigenvalue weighted by molar-refractivity contribution is 5.49. The zero-order valence-electron chi connectivity index (χ0n) is 10.1. The molecule has 0 aliphatic heterocycles. The molecule has 4 nitrogen and oxygen atoms in total. The van der Waals surface area contributed by atoms with Crippen molar-refractivity contribution in [3.63, 3.8) is 0 Å². The number of nitrogens with zero attached hydrogens (tertiary/aromatic N) is 3. The van der Waals surface area contributed by atoms with Crippen LogP contribution in [0.1, 0.15) is 17.2 Å². The molecule has 19 heavy (non-hydrogen) atoms. The minimum Gasteiger partial charge on any atom is -0.376 e. The second-order valence-corrected chi connectivity index (χ2v) is 3.79. The number of rotatable bonds is 2. The Labute approximate surface area is 111 Å². The van der Waals surface area contributed by atoms with Crippen molar-refractivity contribution in [1.29, 1.82) is 0 Å². The number of aliphatic hydroxyl groups is 1. The second kappa shape index (κ2) is 6.27. The molecule has 0 amide bonds. The van der Waals surface area contributed by atoms with Gasteiger partial charge in [-0.25, -0.2) is 0 Å². The molecular weight excluding hydrogens is 238 g/mol. The maximum Gasteiger partial charge on any atom is 0.141 e. The largest absolute Gasteiger partial charge is 0.376 e. The highest BCUT2D eigenvalue weighted by Gasteiger charge is 2.07. The average molecular weight is 249 g/mol. The van der Waals surface area contributed by atoms with E-state index in [-0.39, 0.29) is 0 Å². The van der Waals surface area contributed by atoms with Crippen LogP contribution < -0.4 is 0 Å². The molecule has 2 aromatic rings. The Bertz CT molecular complexity index is 665. The van der Waals surface area contributed by atoms with Gasteiger partial charge in [-0.1, -0.05) is 59.4 Å². The molecule has 0 aliphatic carbocycles. The van der Waals surface area contributed by atoms with Crippen molar-refractivity contribution in [2.24, 2.45) is 5.11 Å². The summed E-state index contributed by atoms with van der Waals surface area (Å²) in [6, 6.07) is 16.2. The number of hydrogen-bond donors (Lipinski definition) is 1. The van der Waals surface area contributed by atoms with Crippen LogP contribution in [0.25, 0.3) is 10.4 Å². The van der Waals surface area contributed by atoms with E-state index in [1.807, 2.05) is 30.3 Å². The van der Waals surface area contributed by atoms with E-state index in [0.29, 0.717) is 11.3 Å². The van der Waals surface area contributed by atoms with Crippen molar-refractivity contribution in [2.45, 2.75) is 6.10 Å². The summed E-state index contributed by atoms with van der Waals surface area (Å²) in [5.74, 6) is 5.61. The Morgan fingerprint density at radius 3 is 2.47 bits per heavy atom. The Kier molecular flexibility index (Phi) is 4.20. The molecule has 0 saturated carbocycles. The lowest BCUT2D eigenvalue weighted by Crippen LogP contribution is -1.93. The molecule has 2 rings (SSSR count). The van der Waals surface area contributed by atoms with Crippen LogP contribution in [0.5, 0.6) is 0 Å². The number of hydrogen-bond acceptors (Lipinski definition) is 2. The third-order valence-corrected chi connectivity index (χ3v) is 2.51. The summed E-state index contributed by atoms with van der Waals surface area (Å²) < 4.78 is 0. The third-order valence-electron chi connectivity index (χ3n) is 2.51. The molecule has 1 N–H and O–H groups in total. The zero-order valence-corrected chi connectivity index (χ0v) is 10.1. The summed E-state index contributed by atoms with van der Waals surface area (Å²) in [4.78, 5) is 2.73. The minimum atomic E-state index is -0.984. The first kappa shape index (κ1) is 12.7. The summed E-state index contributed by atoms with van der Waals surface area (Å²) in [5.41, 5.74) is 10.2. The smallest absolute Gasteiger partial charge is 0.141 e. The van der Waals surface area contributed by atoms with Crippen molar-refractivity contribution in [3.8, 4) is 11.8 Å². The van der Waals surface area contributed by atoms with Crippen LogP contribution in [0.4, 0.5) is 5.69 Å². The van der Waals surface area contributed by atoms with Gasteiger partial charge in [-0.05, 0) is 17.7 Å². The average Bonchev–Trinajstić information content (AvgIpc) is 2.47. The van der Waals surface area contributed by atoms with Crippen molar-refractivity contribution < 1.29 is 5.11 Å². The van der Waals surface area contributed by atoms with Gasteiger partial charge < -0.3 is 5.11 Å². The number of aliphatic hydroxyl groups excluding tert-OH is 1. The van der Waals surface area contributed by atoms with Crippen LogP contribution in [-0.4, -0.2) is 5.11 Å². The van der Waals surface area contributed by atoms with Gasteiger partial charge in [-0.2, -0.15) is 0 Å². The van der Waals surface area contributed by atoms with Gasteiger partial charge in [0.15, 0.2) is 0 Å². The highest BCUT2D eigenvalue weighted by atomic mass is 16.3. The van der Waals surface area contributed by atoms with Gasteiger partial charge in [0, 0.05) is 21.7 Å². The minimum absolute atomic E-state index is 0.389. The lowest BCUT2D eigenvalue weighted by molar-refractivity contribution is 0.239. The predicted octanol–water partition coefficient (Wildman–Crippen LogP) is 3.71. The first-order valence-corrected chi connectivity index (χ1v) is 5.70. The van der Waals surface area contributed by atoms with Gasteiger partial charge in [0.1, 0.15) is 6.10 Å². The fourth-order valence-corrected chi connectivity index (χ4v) is 1.61. The lowest BCUT2D eigenvalue weighted by atomic mass is 10.1. The van der Waals surface area contributed by atoms with Crippen LogP contribution >= 0.6 is 0 Å². The van der Waals surface area contributed by atoms with E-state index in [9.17, 15) is 5.11 Å². The Hall–Kier alpha value is -2.73. The fraction of sp³-hybridized carbons (Fsp3) is 0.0667. The van der Waals surface area contributed by atoms with E-state index >= 15 is 0 Å². The van der Waals surface area contributed by atoms with Gasteiger partial charge in [0.25, 0.3) is 0 Å². The third kappa shape index (κ3) is 3.36. The Morgan fingerprint density at radius 1 is 1.05 bits per heavy atom. The van der Waals surface area contributed by atoms with Gasteiger partial charge in [-0.3, -0.25) is 0 Å². The summed E-state index contributed by atoms with van der Waals surface area (Å²) in [7, 11) is 0. The lowest BCUT2D eigenvalue weighted by Gasteiger charge is -2.06. The van der Waals surface area contributed by atoms with E-state index in [2.05, 4.69) is 21.9 Å². The van der Waals surface area contributed by atoms with Crippen LogP contribution in [0, 0.1) is 11.8 Å². The molecule has 0 saturated heterocycles. The summed E-state index contributed by atoms with van der Waals surface area (Å²) in [6.07, 6.45) is -0.984. The summed E-state index contributed by atoms with van der Waals surface area (Å²) in [6.45, 7) is 0. The maximum atomic E-state index is 10.0. The molecular formula is C15H11N3O. The first-order valence-electron chi connectivity index (χ1n) is 5.70. The monoisotopic (exact) mass is 249 g/mol. The van der Waals surface area contributed by atoms with E-state index in [1.54, 1.807) is 24.3 Å². The maximum absolute atomic E-state index is 10.0. The fourth-order valence-electron chi connectivity index (χ4n) is 1.61. The highest BCUT2D eigenvalue weighted by Crippen LogP contribution is 2.25. The van der Waals surface area contributed by atoms with Crippen LogP contribution in [0.3, 0.4) is 0 Å². The van der Waals surface area contributed by atoms with Crippen LogP contribution in [0.2, 0.25) is 0 Å². The number of benzene rings is 2. The van der Waals surface area contributed by atoms with Crippen molar-refractivity contribution in [1.82, 2.24) is 0 Å². The SMILES string of the molecule is [N-]=[N+]=Nc1ccccc1C(O)C#Cc1ccccc1. The van der Waals surface area contributed by atoms with Crippen LogP contribution in [0.15, 0.2) is 59.7 Å². The molecule has 1 unspecified atom stereocenters. The molecule has 0 bridgehead atoms. The Morgan fingerprint density at radius 2 is 1.74 bits per heavy atom. The van der Waals surface area contributed by atoms with Gasteiger partial charge in [0.2, 0.25) is 0 Å². The molecule has 0 radical (unpaired) electrons. The molecule has 0 heterocycles. The molecule has 92 valence electrons. The van der Waals surface area contributed by atoms with E-state index < -0.39 is 6.10 Å². The van der Waals surface area contributed by atoms with Crippen molar-refractivity contribution in [2.75, 3.05) is 0 Å². The molecule has 0 spiro atoms. The van der Waals surface area contributed by atoms with Crippen molar-refractivity contribution >= 4 is 5.69 Å². The normalized spacial score (nSPS) is 10.8. The number of azide groups is 1. The van der Waals surface area contributed by atoms with E-state index in [0.717, 1.165) is 5.56 Å². The zero-order chi connectivity index (χ0) is 13.5. The molecule has 0 aliphatic rings. The predicted molar refractivity (Wildman–Crippen MR) is 73.5 cm³/mol. The standard InChI is InChI=1S/C15H11N3O/c16-18-17-14-9-5-4-8-13(14)15(19)11-10-12-6-2-1-3-7-12/h1-9,15,19H. The molecule has 4 heteroatoms. The molecule has 0 aromatic heterocycles. The van der Waals surface area contributed by atoms with Gasteiger partial charge >= 0.3 is 0 Å². The van der Waals surface area contributed by atoms with Gasteiger partial charge in [-0.15, -0.1) is 0 Å². The Balaban J connectivity index is 2.28. The van der Waals surface area contributed by atoms with Gasteiger partial charge in [0.05, 0.1) is 0 Å². The summed E-state index contributed by atoms with van der Waals surface area (Å²) in [5, 5.41) is 13.6. The van der Waals surface area contributed by atoms with E-state index in [4.69, 9.17) is 5.53 Å². The van der Waals surface area contributed by atoms with E-state index in [1.165, 1.54) is 0 Å². The second-order valence-electron chi connectivity index (χ2n) is 3.79. The van der Waals surface area contributed by atoms with Crippen molar-refractivity contribution in [3.05, 3.63) is 76.2 Å². The molecule has 1 atom stereocenters.